The lowest BCUT2D eigenvalue weighted by atomic mass is 10.0. The number of thiocarbonyl (C=S) groups is 1. The van der Waals surface area contributed by atoms with E-state index in [1.54, 1.807) is 6.08 Å². The fourth-order valence-corrected chi connectivity index (χ4v) is 6.25. The van der Waals surface area contributed by atoms with Crippen LogP contribution in [0.4, 0.5) is 0 Å². The Morgan fingerprint density at radius 1 is 0.429 bits per heavy atom. The molecule has 0 fully saturated rings. The molecule has 0 aromatic rings. The van der Waals surface area contributed by atoms with E-state index in [1.165, 1.54) is 205 Å². The Morgan fingerprint density at radius 2 is 0.643 bits per heavy atom. The van der Waals surface area contributed by atoms with E-state index < -0.39 is 0 Å². The maximum atomic E-state index is 10.00. The van der Waals surface area contributed by atoms with Crippen molar-refractivity contribution in [2.75, 3.05) is 13.1 Å². The highest BCUT2D eigenvalue weighted by molar-refractivity contribution is 8.11. The van der Waals surface area contributed by atoms with Crippen molar-refractivity contribution in [2.45, 2.75) is 212 Å². The lowest BCUT2D eigenvalue weighted by Gasteiger charge is -2.05. The molecule has 0 aromatic heterocycles. The Balaban J connectivity index is 3.04. The Morgan fingerprint density at radius 3 is 0.857 bits per heavy atom. The van der Waals surface area contributed by atoms with Gasteiger partial charge in [0.05, 0.1) is 6.54 Å². The summed E-state index contributed by atoms with van der Waals surface area (Å²) in [7, 11) is 0. The van der Waals surface area contributed by atoms with Gasteiger partial charge in [-0.1, -0.05) is 211 Å². The first-order valence-electron chi connectivity index (χ1n) is 18.8. The van der Waals surface area contributed by atoms with Gasteiger partial charge in [0.2, 0.25) is 6.08 Å². The molecule has 0 radical (unpaired) electrons. The lowest BCUT2D eigenvalue weighted by Crippen LogP contribution is -2.17. The van der Waals surface area contributed by atoms with Crippen LogP contribution in [-0.4, -0.2) is 23.5 Å². The Kier molecular flexibility index (Phi) is 38.3. The molecule has 248 valence electrons. The van der Waals surface area contributed by atoms with Crippen LogP contribution in [0.1, 0.15) is 212 Å². The van der Waals surface area contributed by atoms with Gasteiger partial charge in [-0.05, 0) is 12.8 Å². The quantitative estimate of drug-likeness (QED) is 0.0239. The van der Waals surface area contributed by atoms with E-state index in [1.807, 2.05) is 0 Å². The molecule has 0 atom stereocenters. The van der Waals surface area contributed by atoms with Crippen molar-refractivity contribution in [2.24, 2.45) is 4.99 Å². The minimum atomic E-state index is 0.626. The number of isocyanates is 1. The third-order valence-corrected chi connectivity index (χ3v) is 9.09. The molecular weight excluding hydrogens is 553 g/mol. The summed E-state index contributed by atoms with van der Waals surface area (Å²) in [6.07, 6.45) is 48.1. The van der Waals surface area contributed by atoms with E-state index in [2.05, 4.69) is 22.9 Å². The summed E-state index contributed by atoms with van der Waals surface area (Å²) in [5.41, 5.74) is 0. The zero-order valence-corrected chi connectivity index (χ0v) is 29.7. The van der Waals surface area contributed by atoms with Gasteiger partial charge in [-0.2, -0.15) is 0 Å². The van der Waals surface area contributed by atoms with Crippen LogP contribution in [0.3, 0.4) is 0 Å². The number of thiol groups is 1. The molecule has 0 aliphatic rings. The average molecular weight is 625 g/mol. The second kappa shape index (κ2) is 38.6. The van der Waals surface area contributed by atoms with Crippen LogP contribution in [0.25, 0.3) is 0 Å². The second-order valence-electron chi connectivity index (χ2n) is 12.9. The van der Waals surface area contributed by atoms with E-state index in [0.717, 1.165) is 13.0 Å². The van der Waals surface area contributed by atoms with Crippen LogP contribution in [0, 0.1) is 0 Å². The highest BCUT2D eigenvalue weighted by Crippen LogP contribution is 2.17. The van der Waals surface area contributed by atoms with Crippen molar-refractivity contribution in [1.29, 1.82) is 0 Å². The Hall–Kier alpha value is -0.380. The van der Waals surface area contributed by atoms with Gasteiger partial charge in [-0.25, -0.2) is 9.79 Å². The van der Waals surface area contributed by atoms with Crippen LogP contribution in [0.15, 0.2) is 4.99 Å². The third kappa shape index (κ3) is 39.6. The summed E-state index contributed by atoms with van der Waals surface area (Å²) < 4.78 is 0.626. The van der Waals surface area contributed by atoms with Crippen molar-refractivity contribution in [3.8, 4) is 0 Å². The topological polar surface area (TPSA) is 41.5 Å². The summed E-state index contributed by atoms with van der Waals surface area (Å²) in [5.74, 6) is 0. The molecule has 0 saturated heterocycles. The van der Waals surface area contributed by atoms with E-state index in [4.69, 9.17) is 12.2 Å². The van der Waals surface area contributed by atoms with Crippen molar-refractivity contribution in [3.63, 3.8) is 0 Å². The van der Waals surface area contributed by atoms with Crippen LogP contribution in [-0.2, 0) is 4.79 Å². The normalized spacial score (nSPS) is 11.1. The van der Waals surface area contributed by atoms with Crippen molar-refractivity contribution >= 4 is 35.2 Å². The first-order chi connectivity index (χ1) is 20.8. The summed E-state index contributed by atoms with van der Waals surface area (Å²) >= 11 is 8.99. The molecule has 0 aliphatic heterocycles. The van der Waals surface area contributed by atoms with Crippen LogP contribution in [0.5, 0.6) is 0 Å². The van der Waals surface area contributed by atoms with Crippen molar-refractivity contribution in [3.05, 3.63) is 0 Å². The Labute approximate surface area is 274 Å². The molecule has 0 unspecified atom stereocenters. The zero-order chi connectivity index (χ0) is 30.4. The van der Waals surface area contributed by atoms with Gasteiger partial charge in [-0.15, -0.1) is 12.6 Å². The number of hydrogen-bond acceptors (Lipinski definition) is 3. The number of hydrogen-bond donors (Lipinski definition) is 2. The van der Waals surface area contributed by atoms with Crippen molar-refractivity contribution < 1.29 is 4.79 Å². The van der Waals surface area contributed by atoms with E-state index in [0.29, 0.717) is 10.9 Å². The molecule has 0 saturated carbocycles. The number of carbonyl (C=O) groups excluding carboxylic acids is 1. The molecular formula is C37H72N2OS2. The number of nitrogens with one attached hydrogen (secondary N) is 1. The molecule has 42 heavy (non-hydrogen) atoms. The second-order valence-corrected chi connectivity index (χ2v) is 14.0. The molecule has 0 heterocycles. The number of aliphatic imine (C=N–C) groups is 1. The fourth-order valence-electron chi connectivity index (χ4n) is 6.04. The molecule has 5 heteroatoms. The van der Waals surface area contributed by atoms with Crippen molar-refractivity contribution in [1.82, 2.24) is 5.32 Å². The molecule has 1 N–H and O–H groups in total. The number of nitrogens with zero attached hydrogens (tertiary/aromatic N) is 1. The minimum Gasteiger partial charge on any atom is -0.371 e. The van der Waals surface area contributed by atoms with Crippen LogP contribution >= 0.6 is 24.8 Å². The summed E-state index contributed by atoms with van der Waals surface area (Å²) in [5, 5.41) is 3.11. The Bertz CT molecular complexity index is 544. The maximum absolute atomic E-state index is 10.00. The van der Waals surface area contributed by atoms with Gasteiger partial charge in [0.25, 0.3) is 0 Å². The lowest BCUT2D eigenvalue weighted by molar-refractivity contribution is 0.511. The SMILES string of the molecule is O=C=NCCCCCCCCCCCCCCCCCCCCCCCCCCCCCCCCCCCNC(=S)S. The summed E-state index contributed by atoms with van der Waals surface area (Å²) in [4.78, 5) is 13.6. The summed E-state index contributed by atoms with van der Waals surface area (Å²) in [6, 6.07) is 0. The van der Waals surface area contributed by atoms with E-state index in [-0.39, 0.29) is 0 Å². The van der Waals surface area contributed by atoms with Gasteiger partial charge in [0.1, 0.15) is 4.32 Å². The minimum absolute atomic E-state index is 0.626. The summed E-state index contributed by atoms with van der Waals surface area (Å²) in [6.45, 7) is 1.65. The molecule has 0 bridgehead atoms. The number of unbranched alkanes of at least 4 members (excludes halogenated alkanes) is 32. The zero-order valence-electron chi connectivity index (χ0n) is 28.0. The largest absolute Gasteiger partial charge is 0.371 e. The molecule has 0 rings (SSSR count). The first-order valence-corrected chi connectivity index (χ1v) is 19.6. The predicted molar refractivity (Wildman–Crippen MR) is 195 cm³/mol. The highest BCUT2D eigenvalue weighted by atomic mass is 32.1. The monoisotopic (exact) mass is 625 g/mol. The average Bonchev–Trinajstić information content (AvgIpc) is 2.98. The van der Waals surface area contributed by atoms with Gasteiger partial charge in [0, 0.05) is 6.54 Å². The maximum Gasteiger partial charge on any atom is 0.234 e. The number of rotatable bonds is 36. The third-order valence-electron chi connectivity index (χ3n) is 8.79. The molecule has 0 amide bonds. The van der Waals surface area contributed by atoms with E-state index in [9.17, 15) is 4.79 Å². The van der Waals surface area contributed by atoms with Crippen LogP contribution in [0.2, 0.25) is 0 Å². The standard InChI is InChI=1S/C37H72N2OS2/c40-36-38-34-32-30-28-26-24-22-20-18-16-14-12-10-8-6-4-2-1-3-5-7-9-11-13-15-17-19-21-23-25-27-29-31-33-35-39-37(41)42/h1-35H2,(H2,39,41,42). The van der Waals surface area contributed by atoms with Gasteiger partial charge >= 0.3 is 0 Å². The molecule has 0 aromatic carbocycles. The highest BCUT2D eigenvalue weighted by Gasteiger charge is 1.97. The smallest absolute Gasteiger partial charge is 0.234 e. The van der Waals surface area contributed by atoms with Crippen LogP contribution < -0.4 is 5.32 Å². The molecule has 0 spiro atoms. The van der Waals surface area contributed by atoms with Gasteiger partial charge in [0.15, 0.2) is 0 Å². The molecule has 0 aliphatic carbocycles. The molecule has 3 nitrogen and oxygen atoms in total. The van der Waals surface area contributed by atoms with Gasteiger partial charge < -0.3 is 5.32 Å². The fraction of sp³-hybridized carbons (Fsp3) is 0.946. The van der Waals surface area contributed by atoms with Gasteiger partial charge in [-0.3, -0.25) is 0 Å². The van der Waals surface area contributed by atoms with E-state index >= 15 is 0 Å². The predicted octanol–water partition coefficient (Wildman–Crippen LogP) is 13.0. The first kappa shape index (κ1) is 41.6.